The van der Waals surface area contributed by atoms with E-state index >= 15 is 0 Å². The summed E-state index contributed by atoms with van der Waals surface area (Å²) in [5.74, 6) is 0. The second-order valence-corrected chi connectivity index (χ2v) is 6.20. The average Bonchev–Trinajstić information content (AvgIpc) is 3.19. The first-order valence-corrected chi connectivity index (χ1v) is 8.20. The lowest BCUT2D eigenvalue weighted by atomic mass is 10.1. The lowest BCUT2D eigenvalue weighted by molar-refractivity contribution is -0.105. The van der Waals surface area contributed by atoms with Crippen LogP contribution in [0.3, 0.4) is 0 Å². The number of aromatic nitrogens is 4. The number of nitrogens with one attached hydrogen (secondary N) is 3. The first-order chi connectivity index (χ1) is 11.7. The molecule has 0 aliphatic carbocycles. The minimum Gasteiger partial charge on any atom is -0.339 e. The lowest BCUT2D eigenvalue weighted by Gasteiger charge is -2.22. The molecule has 1 saturated heterocycles. The maximum atomic E-state index is 10.6. The Hall–Kier alpha value is -2.67. The molecule has 3 aromatic rings. The molecule has 7 nitrogen and oxygen atoms in total. The van der Waals surface area contributed by atoms with E-state index in [2.05, 4.69) is 37.5 Å². The monoisotopic (exact) mass is 324 g/mol. The van der Waals surface area contributed by atoms with Gasteiger partial charge >= 0.3 is 0 Å². The quantitative estimate of drug-likeness (QED) is 0.642. The SMILES string of the molecule is Cc1nn(C2CCNCC2)cc1-c1cc2cc(NC=O)cnc2[nH]1. The van der Waals surface area contributed by atoms with Gasteiger partial charge in [0.15, 0.2) is 0 Å². The fourth-order valence-corrected chi connectivity index (χ4v) is 3.31. The molecule has 4 heterocycles. The van der Waals surface area contributed by atoms with Gasteiger partial charge in [-0.15, -0.1) is 0 Å². The van der Waals surface area contributed by atoms with Crippen molar-refractivity contribution in [2.75, 3.05) is 18.4 Å². The summed E-state index contributed by atoms with van der Waals surface area (Å²) in [5.41, 5.74) is 4.59. The predicted octanol–water partition coefficient (Wildman–Crippen LogP) is 2.23. The summed E-state index contributed by atoms with van der Waals surface area (Å²) < 4.78 is 2.10. The molecule has 1 amide bonds. The molecule has 24 heavy (non-hydrogen) atoms. The largest absolute Gasteiger partial charge is 0.339 e. The van der Waals surface area contributed by atoms with Crippen molar-refractivity contribution in [3.63, 3.8) is 0 Å². The Morgan fingerprint density at radius 3 is 2.96 bits per heavy atom. The van der Waals surface area contributed by atoms with Crippen LogP contribution in [0, 0.1) is 6.92 Å². The van der Waals surface area contributed by atoms with E-state index in [1.165, 1.54) is 0 Å². The third-order valence-electron chi connectivity index (χ3n) is 4.59. The van der Waals surface area contributed by atoms with Gasteiger partial charge in [0.25, 0.3) is 0 Å². The summed E-state index contributed by atoms with van der Waals surface area (Å²) in [6.45, 7) is 4.12. The summed E-state index contributed by atoms with van der Waals surface area (Å²) in [4.78, 5) is 18.3. The van der Waals surface area contributed by atoms with Crippen LogP contribution in [-0.4, -0.2) is 39.2 Å². The lowest BCUT2D eigenvalue weighted by Crippen LogP contribution is -2.29. The van der Waals surface area contributed by atoms with Gasteiger partial charge in [-0.25, -0.2) is 4.98 Å². The van der Waals surface area contributed by atoms with Crippen molar-refractivity contribution in [2.45, 2.75) is 25.8 Å². The highest BCUT2D eigenvalue weighted by atomic mass is 16.1. The molecule has 124 valence electrons. The van der Waals surface area contributed by atoms with Gasteiger partial charge in [0.05, 0.1) is 29.3 Å². The van der Waals surface area contributed by atoms with Crippen molar-refractivity contribution in [1.29, 1.82) is 0 Å². The number of piperidine rings is 1. The maximum absolute atomic E-state index is 10.6. The summed E-state index contributed by atoms with van der Waals surface area (Å²) in [6.07, 6.45) is 6.64. The molecule has 0 unspecified atom stereocenters. The number of carbonyl (C=O) groups is 1. The van der Waals surface area contributed by atoms with Crippen LogP contribution in [0.2, 0.25) is 0 Å². The third kappa shape index (κ3) is 2.67. The van der Waals surface area contributed by atoms with Crippen molar-refractivity contribution in [3.05, 3.63) is 30.2 Å². The zero-order chi connectivity index (χ0) is 16.5. The molecule has 0 bridgehead atoms. The molecule has 0 aromatic carbocycles. The van der Waals surface area contributed by atoms with E-state index in [1.807, 2.05) is 13.0 Å². The van der Waals surface area contributed by atoms with E-state index in [4.69, 9.17) is 5.10 Å². The second-order valence-electron chi connectivity index (χ2n) is 6.20. The molecule has 0 saturated carbocycles. The van der Waals surface area contributed by atoms with Gasteiger partial charge in [-0.2, -0.15) is 5.10 Å². The van der Waals surface area contributed by atoms with Crippen molar-refractivity contribution < 1.29 is 4.79 Å². The second kappa shape index (κ2) is 6.09. The van der Waals surface area contributed by atoms with Crippen LogP contribution in [-0.2, 0) is 4.79 Å². The molecule has 7 heteroatoms. The number of pyridine rings is 1. The Morgan fingerprint density at radius 2 is 2.17 bits per heavy atom. The van der Waals surface area contributed by atoms with Gasteiger partial charge in [-0.05, 0) is 45.0 Å². The first kappa shape index (κ1) is 14.9. The van der Waals surface area contributed by atoms with Gasteiger partial charge in [-0.1, -0.05) is 0 Å². The van der Waals surface area contributed by atoms with E-state index in [-0.39, 0.29) is 0 Å². The smallest absolute Gasteiger partial charge is 0.211 e. The van der Waals surface area contributed by atoms with Crippen LogP contribution in [0.25, 0.3) is 22.3 Å². The summed E-state index contributed by atoms with van der Waals surface area (Å²) >= 11 is 0. The number of rotatable bonds is 4. The topological polar surface area (TPSA) is 87.6 Å². The van der Waals surface area contributed by atoms with Crippen LogP contribution in [0.15, 0.2) is 24.5 Å². The van der Waals surface area contributed by atoms with Gasteiger partial charge in [0.1, 0.15) is 5.65 Å². The highest BCUT2D eigenvalue weighted by Gasteiger charge is 2.18. The molecule has 4 rings (SSSR count). The Bertz CT molecular complexity index is 874. The van der Waals surface area contributed by atoms with E-state index < -0.39 is 0 Å². The Balaban J connectivity index is 1.68. The number of aryl methyl sites for hydroxylation is 1. The number of amides is 1. The van der Waals surface area contributed by atoms with Gasteiger partial charge in [-0.3, -0.25) is 9.48 Å². The van der Waals surface area contributed by atoms with E-state index in [0.29, 0.717) is 18.1 Å². The van der Waals surface area contributed by atoms with Gasteiger partial charge < -0.3 is 15.6 Å². The number of aromatic amines is 1. The number of anilines is 1. The highest BCUT2D eigenvalue weighted by Crippen LogP contribution is 2.29. The normalized spacial score (nSPS) is 15.7. The number of carbonyl (C=O) groups excluding carboxylic acids is 1. The van der Waals surface area contributed by atoms with Crippen LogP contribution in [0.1, 0.15) is 24.6 Å². The third-order valence-corrected chi connectivity index (χ3v) is 4.59. The van der Waals surface area contributed by atoms with Crippen molar-refractivity contribution in [3.8, 4) is 11.3 Å². The number of hydrogen-bond donors (Lipinski definition) is 3. The number of nitrogens with zero attached hydrogens (tertiary/aromatic N) is 3. The molecule has 0 radical (unpaired) electrons. The first-order valence-electron chi connectivity index (χ1n) is 8.20. The number of fused-ring (bicyclic) bond motifs is 1. The Labute approximate surface area is 139 Å². The average molecular weight is 324 g/mol. The maximum Gasteiger partial charge on any atom is 0.211 e. The minimum absolute atomic E-state index is 0.463. The molecule has 0 atom stereocenters. The molecule has 0 spiro atoms. The molecule has 1 fully saturated rings. The number of H-pyrrole nitrogens is 1. The standard InChI is InChI=1S/C17H20N6O/c1-11-15(9-23(22-11)14-2-4-18-5-3-14)16-7-12-6-13(20-10-24)8-19-17(12)21-16/h6-10,14,18H,2-5H2,1H3,(H,19,21)(H,20,24). The molecule has 3 N–H and O–H groups in total. The summed E-state index contributed by atoms with van der Waals surface area (Å²) in [6, 6.07) is 4.42. The van der Waals surface area contributed by atoms with Crippen molar-refractivity contribution >= 4 is 23.1 Å². The molecule has 3 aromatic heterocycles. The molecule has 1 aliphatic heterocycles. The predicted molar refractivity (Wildman–Crippen MR) is 92.9 cm³/mol. The van der Waals surface area contributed by atoms with Crippen LogP contribution < -0.4 is 10.6 Å². The van der Waals surface area contributed by atoms with Gasteiger partial charge in [0.2, 0.25) is 6.41 Å². The Kier molecular flexibility index (Phi) is 3.78. The fraction of sp³-hybridized carbons (Fsp3) is 0.353. The molecular formula is C17H20N6O. The van der Waals surface area contributed by atoms with E-state index in [9.17, 15) is 4.79 Å². The van der Waals surface area contributed by atoms with Gasteiger partial charge in [0, 0.05) is 17.1 Å². The van der Waals surface area contributed by atoms with E-state index in [1.54, 1.807) is 6.20 Å². The molecule has 1 aliphatic rings. The highest BCUT2D eigenvalue weighted by molar-refractivity contribution is 5.87. The zero-order valence-corrected chi connectivity index (χ0v) is 13.5. The van der Waals surface area contributed by atoms with Crippen LogP contribution >= 0.6 is 0 Å². The van der Waals surface area contributed by atoms with Crippen LogP contribution in [0.5, 0.6) is 0 Å². The minimum atomic E-state index is 0.463. The number of hydrogen-bond acceptors (Lipinski definition) is 4. The fourth-order valence-electron chi connectivity index (χ4n) is 3.31. The Morgan fingerprint density at radius 1 is 1.33 bits per heavy atom. The van der Waals surface area contributed by atoms with Crippen LogP contribution in [0.4, 0.5) is 5.69 Å². The van der Waals surface area contributed by atoms with Crippen molar-refractivity contribution in [2.24, 2.45) is 0 Å². The summed E-state index contributed by atoms with van der Waals surface area (Å²) in [7, 11) is 0. The zero-order valence-electron chi connectivity index (χ0n) is 13.5. The van der Waals surface area contributed by atoms with E-state index in [0.717, 1.165) is 53.9 Å². The van der Waals surface area contributed by atoms with Crippen molar-refractivity contribution in [1.82, 2.24) is 25.1 Å². The summed E-state index contributed by atoms with van der Waals surface area (Å²) in [5, 5.41) is 11.7. The molecular weight excluding hydrogens is 304 g/mol.